The van der Waals surface area contributed by atoms with Crippen LogP contribution in [-0.2, 0) is 9.47 Å². The summed E-state index contributed by atoms with van der Waals surface area (Å²) in [5.41, 5.74) is 1.34. The predicted octanol–water partition coefficient (Wildman–Crippen LogP) is 4.02. The van der Waals surface area contributed by atoms with Gasteiger partial charge in [-0.2, -0.15) is 0 Å². The molecule has 0 saturated heterocycles. The van der Waals surface area contributed by atoms with Gasteiger partial charge in [0.05, 0.1) is 12.7 Å². The summed E-state index contributed by atoms with van der Waals surface area (Å²) in [5, 5.41) is 2.96. The molecule has 24 heavy (non-hydrogen) atoms. The minimum Gasteiger partial charge on any atom is -0.465 e. The number of nitrogens with one attached hydrogen (secondary N) is 1. The molecular weight excluding hydrogens is 306 g/mol. The first-order valence-corrected chi connectivity index (χ1v) is 8.46. The number of amides is 1. The Hall–Kier alpha value is -2.04. The maximum absolute atomic E-state index is 11.8. The number of hydrogen-bond acceptors (Lipinski definition) is 4. The summed E-state index contributed by atoms with van der Waals surface area (Å²) in [7, 11) is 1.38. The molecule has 5 nitrogen and oxygen atoms in total. The van der Waals surface area contributed by atoms with E-state index in [4.69, 9.17) is 9.47 Å². The Morgan fingerprint density at radius 3 is 2.12 bits per heavy atom. The van der Waals surface area contributed by atoms with Gasteiger partial charge in [0.2, 0.25) is 0 Å². The highest BCUT2D eigenvalue weighted by molar-refractivity contribution is 5.89. The second-order valence-corrected chi connectivity index (χ2v) is 7.31. The quantitative estimate of drug-likeness (QED) is 0.848. The fourth-order valence-electron chi connectivity index (χ4n) is 3.05. The smallest absolute Gasteiger partial charge is 0.407 e. The highest BCUT2D eigenvalue weighted by atomic mass is 16.6. The van der Waals surface area contributed by atoms with E-state index in [1.54, 1.807) is 0 Å². The van der Waals surface area contributed by atoms with E-state index in [2.05, 4.69) is 5.32 Å². The first-order valence-electron chi connectivity index (χ1n) is 8.46. The molecule has 5 heteroatoms. The largest absolute Gasteiger partial charge is 0.465 e. The van der Waals surface area contributed by atoms with Crippen LogP contribution in [0.2, 0.25) is 0 Å². The fraction of sp³-hybridized carbons (Fsp3) is 0.579. The summed E-state index contributed by atoms with van der Waals surface area (Å²) in [5.74, 6) is 0.153. The molecule has 0 heterocycles. The number of esters is 1. The van der Waals surface area contributed by atoms with E-state index < -0.39 is 5.60 Å². The van der Waals surface area contributed by atoms with E-state index in [9.17, 15) is 9.59 Å². The number of ether oxygens (including phenoxy) is 2. The molecule has 1 aromatic rings. The lowest BCUT2D eigenvalue weighted by Crippen LogP contribution is -2.40. The van der Waals surface area contributed by atoms with Crippen LogP contribution in [0, 0.1) is 0 Å². The molecule has 2 rings (SSSR count). The SMILES string of the molecule is COC(=O)c1ccc(C2CCC(NC(=O)OC(C)(C)C)CC2)cc1. The molecule has 1 aliphatic carbocycles. The molecule has 1 N–H and O–H groups in total. The van der Waals surface area contributed by atoms with Gasteiger partial charge in [-0.1, -0.05) is 12.1 Å². The summed E-state index contributed by atoms with van der Waals surface area (Å²) in [4.78, 5) is 23.3. The van der Waals surface area contributed by atoms with Gasteiger partial charge < -0.3 is 14.8 Å². The minimum atomic E-state index is -0.470. The van der Waals surface area contributed by atoms with Gasteiger partial charge in [-0.05, 0) is 70.1 Å². The van der Waals surface area contributed by atoms with Gasteiger partial charge >= 0.3 is 12.1 Å². The van der Waals surface area contributed by atoms with Gasteiger partial charge in [0, 0.05) is 6.04 Å². The van der Waals surface area contributed by atoms with Crippen LogP contribution in [0.5, 0.6) is 0 Å². The van der Waals surface area contributed by atoms with Crippen molar-refractivity contribution in [3.8, 4) is 0 Å². The van der Waals surface area contributed by atoms with Crippen LogP contribution < -0.4 is 5.32 Å². The molecule has 0 radical (unpaired) electrons. The molecule has 132 valence electrons. The summed E-state index contributed by atoms with van der Waals surface area (Å²) in [6.45, 7) is 5.59. The second kappa shape index (κ2) is 7.69. The van der Waals surface area contributed by atoms with Crippen LogP contribution in [0.25, 0.3) is 0 Å². The molecule has 0 spiro atoms. The minimum absolute atomic E-state index is 0.172. The molecule has 0 atom stereocenters. The van der Waals surface area contributed by atoms with E-state index in [0.29, 0.717) is 11.5 Å². The van der Waals surface area contributed by atoms with Crippen molar-refractivity contribution in [3.05, 3.63) is 35.4 Å². The van der Waals surface area contributed by atoms with Crippen molar-refractivity contribution in [2.45, 2.75) is 64.0 Å². The van der Waals surface area contributed by atoms with Crippen molar-refractivity contribution in [1.29, 1.82) is 0 Å². The zero-order chi connectivity index (χ0) is 17.7. The van der Waals surface area contributed by atoms with Crippen molar-refractivity contribution in [1.82, 2.24) is 5.32 Å². The standard InChI is InChI=1S/C19H27NO4/c1-19(2,3)24-18(22)20-16-11-9-14(10-12-16)13-5-7-15(8-6-13)17(21)23-4/h5-8,14,16H,9-12H2,1-4H3,(H,20,22). The summed E-state index contributed by atoms with van der Waals surface area (Å²) < 4.78 is 10.0. The van der Waals surface area contributed by atoms with E-state index in [1.807, 2.05) is 45.0 Å². The average molecular weight is 333 g/mol. The number of benzene rings is 1. The van der Waals surface area contributed by atoms with Crippen LogP contribution >= 0.6 is 0 Å². The molecule has 1 fully saturated rings. The Morgan fingerprint density at radius 1 is 1.04 bits per heavy atom. The van der Waals surface area contributed by atoms with E-state index >= 15 is 0 Å². The normalized spacial score (nSPS) is 21.0. The number of hydrogen-bond donors (Lipinski definition) is 1. The van der Waals surface area contributed by atoms with Crippen LogP contribution in [0.3, 0.4) is 0 Å². The molecule has 0 bridgehead atoms. The number of carbonyl (C=O) groups is 2. The molecule has 0 aliphatic heterocycles. The zero-order valence-corrected chi connectivity index (χ0v) is 14.9. The van der Waals surface area contributed by atoms with E-state index in [0.717, 1.165) is 25.7 Å². The zero-order valence-electron chi connectivity index (χ0n) is 14.9. The monoisotopic (exact) mass is 333 g/mol. The molecule has 0 unspecified atom stereocenters. The van der Waals surface area contributed by atoms with Crippen molar-refractivity contribution in [2.75, 3.05) is 7.11 Å². The molecular formula is C19H27NO4. The molecule has 1 aliphatic rings. The van der Waals surface area contributed by atoms with Crippen LogP contribution in [-0.4, -0.2) is 30.8 Å². The van der Waals surface area contributed by atoms with Gasteiger partial charge in [0.25, 0.3) is 0 Å². The first kappa shape index (κ1) is 18.3. The fourth-order valence-corrected chi connectivity index (χ4v) is 3.05. The Labute approximate surface area is 143 Å². The Balaban J connectivity index is 1.84. The summed E-state index contributed by atoms with van der Waals surface area (Å²) in [6.07, 6.45) is 3.55. The third-order valence-corrected chi connectivity index (χ3v) is 4.25. The number of carbonyl (C=O) groups excluding carboxylic acids is 2. The van der Waals surface area contributed by atoms with E-state index in [1.165, 1.54) is 12.7 Å². The van der Waals surface area contributed by atoms with Crippen LogP contribution in [0.15, 0.2) is 24.3 Å². The molecule has 1 aromatic carbocycles. The Morgan fingerprint density at radius 2 is 1.62 bits per heavy atom. The Bertz CT molecular complexity index is 566. The van der Waals surface area contributed by atoms with Crippen LogP contribution in [0.1, 0.15) is 68.3 Å². The van der Waals surface area contributed by atoms with Gasteiger partial charge in [0.1, 0.15) is 5.60 Å². The van der Waals surface area contributed by atoms with Crippen molar-refractivity contribution in [3.63, 3.8) is 0 Å². The van der Waals surface area contributed by atoms with E-state index in [-0.39, 0.29) is 18.1 Å². The number of methoxy groups -OCH3 is 1. The van der Waals surface area contributed by atoms with Gasteiger partial charge in [0.15, 0.2) is 0 Å². The second-order valence-electron chi connectivity index (χ2n) is 7.31. The highest BCUT2D eigenvalue weighted by Gasteiger charge is 2.25. The summed E-state index contributed by atoms with van der Waals surface area (Å²) >= 11 is 0. The van der Waals surface area contributed by atoms with Crippen molar-refractivity contribution >= 4 is 12.1 Å². The lowest BCUT2D eigenvalue weighted by Gasteiger charge is -2.30. The highest BCUT2D eigenvalue weighted by Crippen LogP contribution is 2.33. The maximum atomic E-state index is 11.8. The summed E-state index contributed by atoms with van der Waals surface area (Å²) in [6, 6.07) is 7.79. The molecule has 1 amide bonds. The molecule has 0 aromatic heterocycles. The van der Waals surface area contributed by atoms with Gasteiger partial charge in [-0.25, -0.2) is 9.59 Å². The number of alkyl carbamates (subject to hydrolysis) is 1. The third kappa shape index (κ3) is 5.25. The molecule has 1 saturated carbocycles. The van der Waals surface area contributed by atoms with Gasteiger partial charge in [-0.3, -0.25) is 0 Å². The maximum Gasteiger partial charge on any atom is 0.407 e. The predicted molar refractivity (Wildman–Crippen MR) is 92.1 cm³/mol. The first-order chi connectivity index (χ1) is 11.3. The third-order valence-electron chi connectivity index (χ3n) is 4.25. The lowest BCUT2D eigenvalue weighted by molar-refractivity contribution is 0.0490. The van der Waals surface area contributed by atoms with Gasteiger partial charge in [-0.15, -0.1) is 0 Å². The Kier molecular flexibility index (Phi) is 5.86. The lowest BCUT2D eigenvalue weighted by atomic mass is 9.81. The van der Waals surface area contributed by atoms with Crippen molar-refractivity contribution < 1.29 is 19.1 Å². The number of rotatable bonds is 3. The van der Waals surface area contributed by atoms with Crippen LogP contribution in [0.4, 0.5) is 4.79 Å². The average Bonchev–Trinajstić information content (AvgIpc) is 2.53. The topological polar surface area (TPSA) is 64.6 Å². The van der Waals surface area contributed by atoms with Crippen molar-refractivity contribution in [2.24, 2.45) is 0 Å².